The fourth-order valence-corrected chi connectivity index (χ4v) is 4.36. The third-order valence-electron chi connectivity index (χ3n) is 6.17. The largest absolute Gasteiger partial charge is 0.370 e. The summed E-state index contributed by atoms with van der Waals surface area (Å²) in [6, 6.07) is 11.0. The number of hydrogen-bond acceptors (Lipinski definition) is 4. The molecular formula is C26H29ClFN4O4. The Balaban J connectivity index is 1.78. The molecule has 0 aromatic heterocycles. The highest BCUT2D eigenvalue weighted by Crippen LogP contribution is 2.22. The van der Waals surface area contributed by atoms with Crippen LogP contribution in [-0.4, -0.2) is 65.6 Å². The summed E-state index contributed by atoms with van der Waals surface area (Å²) < 4.78 is 13.2. The van der Waals surface area contributed by atoms with Crippen LogP contribution in [0.1, 0.15) is 24.0 Å². The van der Waals surface area contributed by atoms with Crippen molar-refractivity contribution in [1.82, 2.24) is 15.1 Å². The van der Waals surface area contributed by atoms with Crippen LogP contribution in [0.3, 0.4) is 0 Å². The Bertz CT molecular complexity index is 1090. The standard InChI is InChI=1S/C26H29ClFN4O4/c1-30-25(35)22(16-18-2-7-19(27)8-3-18)32-15-14-31(21(26(32)36)11-12-23(29)33)24(34)13-6-17-4-9-20(28)10-5-17/h2-5,7-10,13,21-22H,6,11-12,14-16H2,1H3,(H2,29,33)(H,30,35). The van der Waals surface area contributed by atoms with Crippen LogP contribution < -0.4 is 11.1 Å². The molecule has 1 fully saturated rings. The Kier molecular flexibility index (Phi) is 9.41. The number of nitrogens with one attached hydrogen (secondary N) is 1. The molecular weight excluding hydrogens is 487 g/mol. The Hall–Kier alpha value is -3.46. The summed E-state index contributed by atoms with van der Waals surface area (Å²) in [6.07, 6.45) is 1.90. The molecule has 191 valence electrons. The normalized spacial score (nSPS) is 16.5. The zero-order chi connectivity index (χ0) is 26.2. The molecule has 2 unspecified atom stereocenters. The zero-order valence-corrected chi connectivity index (χ0v) is 20.7. The smallest absolute Gasteiger partial charge is 0.246 e. The molecule has 0 saturated carbocycles. The summed E-state index contributed by atoms with van der Waals surface area (Å²) >= 11 is 5.97. The summed E-state index contributed by atoms with van der Waals surface area (Å²) in [7, 11) is 1.50. The molecule has 0 aliphatic carbocycles. The Morgan fingerprint density at radius 3 is 2.36 bits per heavy atom. The van der Waals surface area contributed by atoms with Crippen molar-refractivity contribution in [3.63, 3.8) is 0 Å². The van der Waals surface area contributed by atoms with Gasteiger partial charge in [-0.3, -0.25) is 19.2 Å². The van der Waals surface area contributed by atoms with Crippen molar-refractivity contribution in [3.8, 4) is 0 Å². The van der Waals surface area contributed by atoms with E-state index in [2.05, 4.69) is 5.32 Å². The molecule has 1 aliphatic heterocycles. The van der Waals surface area contributed by atoms with Gasteiger partial charge in [-0.25, -0.2) is 4.39 Å². The van der Waals surface area contributed by atoms with Crippen LogP contribution >= 0.6 is 11.6 Å². The van der Waals surface area contributed by atoms with Crippen molar-refractivity contribution in [2.75, 3.05) is 20.1 Å². The number of likely N-dealkylation sites (N-methyl/N-ethyl adjacent to an activating group) is 1. The monoisotopic (exact) mass is 515 g/mol. The second-order valence-corrected chi connectivity index (χ2v) is 9.02. The van der Waals surface area contributed by atoms with Crippen LogP contribution in [0.2, 0.25) is 5.02 Å². The lowest BCUT2D eigenvalue weighted by atomic mass is 9.98. The van der Waals surface area contributed by atoms with E-state index in [1.807, 2.05) is 0 Å². The van der Waals surface area contributed by atoms with Gasteiger partial charge in [0, 0.05) is 38.0 Å². The van der Waals surface area contributed by atoms with Crippen molar-refractivity contribution < 1.29 is 23.6 Å². The molecule has 10 heteroatoms. The maximum atomic E-state index is 13.6. The highest BCUT2D eigenvalue weighted by Gasteiger charge is 2.41. The number of halogens is 2. The van der Waals surface area contributed by atoms with Gasteiger partial charge in [0.25, 0.3) is 0 Å². The van der Waals surface area contributed by atoms with Crippen LogP contribution in [0.25, 0.3) is 0 Å². The lowest BCUT2D eigenvalue weighted by molar-refractivity contribution is -0.155. The van der Waals surface area contributed by atoms with E-state index in [0.717, 1.165) is 11.1 Å². The maximum Gasteiger partial charge on any atom is 0.246 e. The number of piperazine rings is 1. The van der Waals surface area contributed by atoms with Crippen LogP contribution in [0.15, 0.2) is 48.5 Å². The first-order valence-electron chi connectivity index (χ1n) is 11.6. The molecule has 1 aliphatic rings. The minimum absolute atomic E-state index is 0.0439. The topological polar surface area (TPSA) is 113 Å². The zero-order valence-electron chi connectivity index (χ0n) is 20.0. The summed E-state index contributed by atoms with van der Waals surface area (Å²) in [5, 5.41) is 3.17. The summed E-state index contributed by atoms with van der Waals surface area (Å²) in [6.45, 7) is 0.329. The molecule has 1 radical (unpaired) electrons. The lowest BCUT2D eigenvalue weighted by Gasteiger charge is -2.43. The van der Waals surface area contributed by atoms with Gasteiger partial charge in [0.05, 0.1) is 6.42 Å². The third-order valence-corrected chi connectivity index (χ3v) is 6.42. The SMILES string of the molecule is CNC(=O)C(Cc1ccc(Cl)cc1)N1CCN(C(=O)[CH]Cc2ccc(F)cc2)C(CCC(N)=O)C1=O. The van der Waals surface area contributed by atoms with Crippen LogP contribution in [0, 0.1) is 12.2 Å². The van der Waals surface area contributed by atoms with Crippen molar-refractivity contribution in [2.45, 2.75) is 37.8 Å². The van der Waals surface area contributed by atoms with Gasteiger partial charge in [-0.15, -0.1) is 0 Å². The van der Waals surface area contributed by atoms with Gasteiger partial charge in [0.2, 0.25) is 23.6 Å². The van der Waals surface area contributed by atoms with E-state index in [4.69, 9.17) is 17.3 Å². The summed E-state index contributed by atoms with van der Waals surface area (Å²) in [5.74, 6) is -2.10. The van der Waals surface area contributed by atoms with Crippen molar-refractivity contribution in [3.05, 3.63) is 76.9 Å². The Labute approximate surface area is 214 Å². The molecule has 3 N–H and O–H groups in total. The van der Waals surface area contributed by atoms with Gasteiger partial charge >= 0.3 is 0 Å². The van der Waals surface area contributed by atoms with Crippen LogP contribution in [-0.2, 0) is 32.0 Å². The van der Waals surface area contributed by atoms with Gasteiger partial charge < -0.3 is 20.9 Å². The maximum absolute atomic E-state index is 13.6. The Morgan fingerprint density at radius 2 is 1.75 bits per heavy atom. The summed E-state index contributed by atoms with van der Waals surface area (Å²) in [4.78, 5) is 53.8. The molecule has 1 saturated heterocycles. The molecule has 0 spiro atoms. The molecule has 2 aromatic rings. The van der Waals surface area contributed by atoms with E-state index in [9.17, 15) is 23.6 Å². The highest BCUT2D eigenvalue weighted by atomic mass is 35.5. The molecule has 2 aromatic carbocycles. The lowest BCUT2D eigenvalue weighted by Crippen LogP contribution is -2.63. The van der Waals surface area contributed by atoms with Crippen LogP contribution in [0.5, 0.6) is 0 Å². The third kappa shape index (κ3) is 7.04. The second-order valence-electron chi connectivity index (χ2n) is 8.58. The van der Waals surface area contributed by atoms with Crippen molar-refractivity contribution in [1.29, 1.82) is 0 Å². The number of hydrogen-bond donors (Lipinski definition) is 2. The molecule has 8 nitrogen and oxygen atoms in total. The van der Waals surface area contributed by atoms with Gasteiger partial charge in [0.15, 0.2) is 0 Å². The van der Waals surface area contributed by atoms with E-state index >= 15 is 0 Å². The Morgan fingerprint density at radius 1 is 1.11 bits per heavy atom. The number of primary amides is 1. The van der Waals surface area contributed by atoms with Gasteiger partial charge in [-0.05, 0) is 48.2 Å². The minimum atomic E-state index is -0.944. The number of carbonyl (C=O) groups excluding carboxylic acids is 4. The van der Waals surface area contributed by atoms with Crippen molar-refractivity contribution >= 4 is 35.2 Å². The fraction of sp³-hybridized carbons (Fsp3) is 0.346. The van der Waals surface area contributed by atoms with Gasteiger partial charge in [-0.1, -0.05) is 35.9 Å². The molecule has 0 bridgehead atoms. The predicted molar refractivity (Wildman–Crippen MR) is 133 cm³/mol. The number of rotatable bonds is 10. The van der Waals surface area contributed by atoms with E-state index < -0.39 is 23.9 Å². The average molecular weight is 516 g/mol. The first-order chi connectivity index (χ1) is 17.2. The van der Waals surface area contributed by atoms with Crippen molar-refractivity contribution in [2.24, 2.45) is 5.73 Å². The number of nitrogens with two attached hydrogens (primary N) is 1. The number of benzene rings is 2. The van der Waals surface area contributed by atoms with Gasteiger partial charge in [-0.2, -0.15) is 0 Å². The molecule has 36 heavy (non-hydrogen) atoms. The number of amides is 4. The minimum Gasteiger partial charge on any atom is -0.370 e. The van der Waals surface area contributed by atoms with E-state index in [1.54, 1.807) is 36.4 Å². The van der Waals surface area contributed by atoms with E-state index in [0.29, 0.717) is 5.02 Å². The first kappa shape index (κ1) is 27.1. The predicted octanol–water partition coefficient (Wildman–Crippen LogP) is 1.89. The van der Waals surface area contributed by atoms with E-state index in [1.165, 1.54) is 35.4 Å². The average Bonchev–Trinajstić information content (AvgIpc) is 2.86. The number of carbonyl (C=O) groups is 4. The van der Waals surface area contributed by atoms with Crippen LogP contribution in [0.4, 0.5) is 4.39 Å². The van der Waals surface area contributed by atoms with Gasteiger partial charge in [0.1, 0.15) is 17.9 Å². The molecule has 2 atom stereocenters. The van der Waals surface area contributed by atoms with E-state index in [-0.39, 0.29) is 56.4 Å². The second kappa shape index (κ2) is 12.5. The summed E-state index contributed by atoms with van der Waals surface area (Å²) in [5.41, 5.74) is 6.88. The molecule has 4 amide bonds. The first-order valence-corrected chi connectivity index (χ1v) is 12.0. The molecule has 1 heterocycles. The molecule has 3 rings (SSSR count). The fourth-order valence-electron chi connectivity index (χ4n) is 4.24. The highest BCUT2D eigenvalue weighted by molar-refractivity contribution is 6.30. The number of nitrogens with zero attached hydrogens (tertiary/aromatic N) is 2. The quantitative estimate of drug-likeness (QED) is 0.503.